The number of likely N-dealkylation sites (tertiary alicyclic amines) is 1. The van der Waals surface area contributed by atoms with Crippen molar-refractivity contribution in [3.63, 3.8) is 0 Å². The first kappa shape index (κ1) is 15.8. The van der Waals surface area contributed by atoms with Gasteiger partial charge in [-0.05, 0) is 24.7 Å². The molecule has 1 aliphatic rings. The highest BCUT2D eigenvalue weighted by atomic mass is 32.1. The Morgan fingerprint density at radius 1 is 1.52 bits per heavy atom. The van der Waals surface area contributed by atoms with Gasteiger partial charge in [0.1, 0.15) is 6.04 Å². The van der Waals surface area contributed by atoms with Gasteiger partial charge in [0.05, 0.1) is 5.69 Å². The van der Waals surface area contributed by atoms with Gasteiger partial charge in [-0.25, -0.2) is 14.6 Å². The number of carbonyl (C=O) groups is 2. The minimum Gasteiger partial charge on any atom is -0.480 e. The molecule has 0 saturated carbocycles. The SMILES string of the molecule is CC(C)c1csc(NC(=O)N2CCCC(C)C2C(=O)O)n1. The van der Waals surface area contributed by atoms with Crippen LogP contribution in [0.1, 0.15) is 45.2 Å². The summed E-state index contributed by atoms with van der Waals surface area (Å²) < 4.78 is 0. The first-order chi connectivity index (χ1) is 9.90. The van der Waals surface area contributed by atoms with Crippen LogP contribution >= 0.6 is 11.3 Å². The first-order valence-electron chi connectivity index (χ1n) is 7.16. The van der Waals surface area contributed by atoms with E-state index in [4.69, 9.17) is 0 Å². The van der Waals surface area contributed by atoms with Gasteiger partial charge in [0.25, 0.3) is 0 Å². The number of carbonyl (C=O) groups excluding carboxylic acids is 1. The summed E-state index contributed by atoms with van der Waals surface area (Å²) in [6.45, 7) is 6.41. The second-order valence-electron chi connectivity index (χ2n) is 5.76. The molecule has 0 radical (unpaired) electrons. The quantitative estimate of drug-likeness (QED) is 0.899. The van der Waals surface area contributed by atoms with E-state index in [9.17, 15) is 14.7 Å². The van der Waals surface area contributed by atoms with E-state index in [1.165, 1.54) is 16.2 Å². The molecule has 1 aliphatic heterocycles. The van der Waals surface area contributed by atoms with Crippen LogP contribution in [0.2, 0.25) is 0 Å². The van der Waals surface area contributed by atoms with E-state index in [2.05, 4.69) is 10.3 Å². The fourth-order valence-electron chi connectivity index (χ4n) is 2.56. The van der Waals surface area contributed by atoms with Crippen molar-refractivity contribution in [2.75, 3.05) is 11.9 Å². The molecule has 21 heavy (non-hydrogen) atoms. The number of nitrogens with one attached hydrogen (secondary N) is 1. The minimum atomic E-state index is -0.945. The standard InChI is InChI=1S/C14H21N3O3S/c1-8(2)10-7-21-13(15-10)16-14(20)17-6-4-5-9(3)11(17)12(18)19/h7-9,11H,4-6H2,1-3H3,(H,18,19)(H,15,16,20). The molecular formula is C14H21N3O3S. The Bertz CT molecular complexity index is 529. The Morgan fingerprint density at radius 3 is 2.81 bits per heavy atom. The number of rotatable bonds is 3. The van der Waals surface area contributed by atoms with Gasteiger partial charge in [-0.3, -0.25) is 5.32 Å². The summed E-state index contributed by atoms with van der Waals surface area (Å²) in [6, 6.07) is -1.14. The van der Waals surface area contributed by atoms with E-state index in [0.717, 1.165) is 18.5 Å². The molecule has 1 fully saturated rings. The number of hydrogen-bond donors (Lipinski definition) is 2. The monoisotopic (exact) mass is 311 g/mol. The summed E-state index contributed by atoms with van der Waals surface area (Å²) in [7, 11) is 0. The van der Waals surface area contributed by atoms with Crippen LogP contribution in [0.15, 0.2) is 5.38 Å². The molecule has 1 saturated heterocycles. The number of hydrogen-bond acceptors (Lipinski definition) is 4. The average Bonchev–Trinajstić information content (AvgIpc) is 2.86. The second-order valence-corrected chi connectivity index (χ2v) is 6.62. The maximum Gasteiger partial charge on any atom is 0.326 e. The van der Waals surface area contributed by atoms with E-state index in [1.807, 2.05) is 26.2 Å². The Kier molecular flexibility index (Phi) is 4.82. The summed E-state index contributed by atoms with van der Waals surface area (Å²) in [5, 5.41) is 14.5. The number of amides is 2. The number of anilines is 1. The van der Waals surface area contributed by atoms with Crippen molar-refractivity contribution in [2.45, 2.75) is 45.6 Å². The fourth-order valence-corrected chi connectivity index (χ4v) is 3.43. The number of piperidine rings is 1. The van der Waals surface area contributed by atoms with Gasteiger partial charge in [0, 0.05) is 11.9 Å². The summed E-state index contributed by atoms with van der Waals surface area (Å²) in [4.78, 5) is 29.5. The van der Waals surface area contributed by atoms with E-state index >= 15 is 0 Å². The molecule has 0 aliphatic carbocycles. The zero-order chi connectivity index (χ0) is 15.6. The van der Waals surface area contributed by atoms with Crippen molar-refractivity contribution in [1.82, 2.24) is 9.88 Å². The molecule has 6 nitrogen and oxygen atoms in total. The van der Waals surface area contributed by atoms with Gasteiger partial charge in [-0.15, -0.1) is 11.3 Å². The van der Waals surface area contributed by atoms with Crippen LogP contribution in [-0.4, -0.2) is 39.6 Å². The first-order valence-corrected chi connectivity index (χ1v) is 8.04. The molecule has 2 rings (SSSR count). The van der Waals surface area contributed by atoms with Gasteiger partial charge >= 0.3 is 12.0 Å². The minimum absolute atomic E-state index is 0.0375. The largest absolute Gasteiger partial charge is 0.480 e. The highest BCUT2D eigenvalue weighted by Gasteiger charge is 2.37. The van der Waals surface area contributed by atoms with Gasteiger partial charge in [-0.2, -0.15) is 0 Å². The second kappa shape index (κ2) is 6.43. The number of aliphatic carboxylic acids is 1. The van der Waals surface area contributed by atoms with Crippen LogP contribution in [0.5, 0.6) is 0 Å². The maximum absolute atomic E-state index is 12.3. The Morgan fingerprint density at radius 2 is 2.24 bits per heavy atom. The highest BCUT2D eigenvalue weighted by Crippen LogP contribution is 2.26. The van der Waals surface area contributed by atoms with Crippen LogP contribution in [0.3, 0.4) is 0 Å². The molecule has 1 aromatic rings. The predicted molar refractivity (Wildman–Crippen MR) is 81.7 cm³/mol. The van der Waals surface area contributed by atoms with Gasteiger partial charge < -0.3 is 10.0 Å². The topological polar surface area (TPSA) is 82.5 Å². The van der Waals surface area contributed by atoms with E-state index in [-0.39, 0.29) is 11.9 Å². The van der Waals surface area contributed by atoms with Crippen molar-refractivity contribution >= 4 is 28.5 Å². The molecule has 0 spiro atoms. The van der Waals surface area contributed by atoms with E-state index in [0.29, 0.717) is 17.6 Å². The molecular weight excluding hydrogens is 290 g/mol. The van der Waals surface area contributed by atoms with Crippen LogP contribution in [-0.2, 0) is 4.79 Å². The third kappa shape index (κ3) is 3.53. The number of aromatic nitrogens is 1. The fraction of sp³-hybridized carbons (Fsp3) is 0.643. The van der Waals surface area contributed by atoms with E-state index in [1.54, 1.807) is 0 Å². The number of urea groups is 1. The average molecular weight is 311 g/mol. The van der Waals surface area contributed by atoms with Crippen molar-refractivity contribution in [3.05, 3.63) is 11.1 Å². The maximum atomic E-state index is 12.3. The summed E-state index contributed by atoms with van der Waals surface area (Å²) in [5.41, 5.74) is 0.928. The zero-order valence-corrected chi connectivity index (χ0v) is 13.3. The van der Waals surface area contributed by atoms with Crippen LogP contribution in [0.4, 0.5) is 9.93 Å². The summed E-state index contributed by atoms with van der Waals surface area (Å²) >= 11 is 1.36. The molecule has 2 unspecified atom stereocenters. The Balaban J connectivity index is 2.08. The van der Waals surface area contributed by atoms with Crippen molar-refractivity contribution in [2.24, 2.45) is 5.92 Å². The number of thiazole rings is 1. The molecule has 2 N–H and O–H groups in total. The molecule has 7 heteroatoms. The molecule has 2 atom stereocenters. The van der Waals surface area contributed by atoms with E-state index < -0.39 is 12.0 Å². The molecule has 116 valence electrons. The van der Waals surface area contributed by atoms with Gasteiger partial charge in [0.2, 0.25) is 0 Å². The Hall–Kier alpha value is -1.63. The van der Waals surface area contributed by atoms with Gasteiger partial charge in [-0.1, -0.05) is 20.8 Å². The van der Waals surface area contributed by atoms with Crippen molar-refractivity contribution in [3.8, 4) is 0 Å². The van der Waals surface area contributed by atoms with Crippen LogP contribution < -0.4 is 5.32 Å². The molecule has 1 aromatic heterocycles. The smallest absolute Gasteiger partial charge is 0.326 e. The molecule has 0 aromatic carbocycles. The van der Waals surface area contributed by atoms with Crippen LogP contribution in [0, 0.1) is 5.92 Å². The molecule has 2 amide bonds. The lowest BCUT2D eigenvalue weighted by molar-refractivity contribution is -0.145. The lowest BCUT2D eigenvalue weighted by Gasteiger charge is -2.36. The predicted octanol–water partition coefficient (Wildman–Crippen LogP) is 2.98. The number of carboxylic acid groups (broad SMARTS) is 1. The molecule has 2 heterocycles. The van der Waals surface area contributed by atoms with Crippen LogP contribution in [0.25, 0.3) is 0 Å². The molecule has 0 bridgehead atoms. The highest BCUT2D eigenvalue weighted by molar-refractivity contribution is 7.13. The van der Waals surface area contributed by atoms with Gasteiger partial charge in [0.15, 0.2) is 5.13 Å². The lowest BCUT2D eigenvalue weighted by Crippen LogP contribution is -2.53. The third-order valence-electron chi connectivity index (χ3n) is 3.77. The third-order valence-corrected chi connectivity index (χ3v) is 4.55. The zero-order valence-electron chi connectivity index (χ0n) is 12.5. The summed E-state index contributed by atoms with van der Waals surface area (Å²) in [6.07, 6.45) is 1.66. The normalized spacial score (nSPS) is 22.4. The Labute approximate surface area is 128 Å². The van der Waals surface area contributed by atoms with Crippen molar-refractivity contribution in [1.29, 1.82) is 0 Å². The summed E-state index contributed by atoms with van der Waals surface area (Å²) in [5.74, 6) is -0.683. The number of nitrogens with zero attached hydrogens (tertiary/aromatic N) is 2. The van der Waals surface area contributed by atoms with Crippen molar-refractivity contribution < 1.29 is 14.7 Å². The number of carboxylic acids is 1. The lowest BCUT2D eigenvalue weighted by atomic mass is 9.91.